The standard InChI is InChI=1S/C11H15BrClNO2S/c1-9(14-17(15,16)7-6-13)8-10-2-4-11(12)5-3-10/h2-5,9,14H,6-8H2,1H3. The fourth-order valence-corrected chi connectivity index (χ4v) is 3.37. The van der Waals surface area contributed by atoms with Gasteiger partial charge >= 0.3 is 0 Å². The molecular formula is C11H15BrClNO2S. The molecule has 0 heterocycles. The Morgan fingerprint density at radius 1 is 1.35 bits per heavy atom. The Morgan fingerprint density at radius 2 is 1.94 bits per heavy atom. The molecule has 1 N–H and O–H groups in total. The van der Waals surface area contributed by atoms with Crippen molar-refractivity contribution in [3.05, 3.63) is 34.3 Å². The molecule has 1 unspecified atom stereocenters. The van der Waals surface area contributed by atoms with Gasteiger partial charge in [0.1, 0.15) is 0 Å². The van der Waals surface area contributed by atoms with Crippen LogP contribution in [0.2, 0.25) is 0 Å². The first-order valence-corrected chi connectivity index (χ1v) is 8.21. The largest absolute Gasteiger partial charge is 0.213 e. The summed E-state index contributed by atoms with van der Waals surface area (Å²) in [6.45, 7) is 1.84. The SMILES string of the molecule is CC(Cc1ccc(Br)cc1)NS(=O)(=O)CCCl. The lowest BCUT2D eigenvalue weighted by molar-refractivity contribution is 0.561. The van der Waals surface area contributed by atoms with Crippen LogP contribution >= 0.6 is 27.5 Å². The predicted molar refractivity (Wildman–Crippen MR) is 75.0 cm³/mol. The van der Waals surface area contributed by atoms with Crippen LogP contribution in [0, 0.1) is 0 Å². The highest BCUT2D eigenvalue weighted by atomic mass is 79.9. The van der Waals surface area contributed by atoms with E-state index in [1.807, 2.05) is 31.2 Å². The number of hydrogen-bond acceptors (Lipinski definition) is 2. The van der Waals surface area contributed by atoms with Crippen LogP contribution in [-0.2, 0) is 16.4 Å². The van der Waals surface area contributed by atoms with Gasteiger partial charge in [0.15, 0.2) is 0 Å². The molecule has 0 bridgehead atoms. The molecule has 0 fully saturated rings. The summed E-state index contributed by atoms with van der Waals surface area (Å²) >= 11 is 8.78. The molecule has 1 aromatic rings. The molecule has 1 rings (SSSR count). The number of benzene rings is 1. The highest BCUT2D eigenvalue weighted by Gasteiger charge is 2.13. The number of sulfonamides is 1. The molecule has 0 aromatic heterocycles. The quantitative estimate of drug-likeness (QED) is 0.809. The summed E-state index contributed by atoms with van der Waals surface area (Å²) in [5, 5.41) is 0. The molecule has 0 spiro atoms. The Kier molecular flexibility index (Phi) is 5.92. The number of halogens is 2. The van der Waals surface area contributed by atoms with Gasteiger partial charge in [0, 0.05) is 16.4 Å². The van der Waals surface area contributed by atoms with Gasteiger partial charge < -0.3 is 0 Å². The summed E-state index contributed by atoms with van der Waals surface area (Å²) in [6.07, 6.45) is 0.662. The van der Waals surface area contributed by atoms with E-state index in [0.717, 1.165) is 10.0 Å². The zero-order chi connectivity index (χ0) is 12.9. The number of hydrogen-bond donors (Lipinski definition) is 1. The van der Waals surface area contributed by atoms with Crippen molar-refractivity contribution >= 4 is 37.6 Å². The maximum absolute atomic E-state index is 11.5. The third kappa shape index (κ3) is 5.86. The van der Waals surface area contributed by atoms with Crippen LogP contribution < -0.4 is 4.72 Å². The first-order chi connectivity index (χ1) is 7.93. The minimum absolute atomic E-state index is 0.0424. The van der Waals surface area contributed by atoms with Gasteiger partial charge in [0.05, 0.1) is 5.75 Å². The van der Waals surface area contributed by atoms with Crippen molar-refractivity contribution in [2.75, 3.05) is 11.6 Å². The minimum Gasteiger partial charge on any atom is -0.212 e. The van der Waals surface area contributed by atoms with Crippen LogP contribution in [0.3, 0.4) is 0 Å². The summed E-state index contributed by atoms with van der Waals surface area (Å²) in [6, 6.07) is 7.68. The molecule has 96 valence electrons. The van der Waals surface area contributed by atoms with Crippen LogP contribution in [0.1, 0.15) is 12.5 Å². The third-order valence-electron chi connectivity index (χ3n) is 2.18. The molecule has 0 saturated heterocycles. The molecule has 0 radical (unpaired) electrons. The molecule has 0 aliphatic rings. The van der Waals surface area contributed by atoms with E-state index < -0.39 is 10.0 Å². The number of alkyl halides is 1. The molecule has 6 heteroatoms. The van der Waals surface area contributed by atoms with E-state index in [-0.39, 0.29) is 17.7 Å². The van der Waals surface area contributed by atoms with Crippen LogP contribution in [0.4, 0.5) is 0 Å². The highest BCUT2D eigenvalue weighted by Crippen LogP contribution is 2.12. The Labute approximate surface area is 116 Å². The van der Waals surface area contributed by atoms with Crippen molar-refractivity contribution in [2.24, 2.45) is 0 Å². The van der Waals surface area contributed by atoms with Crippen LogP contribution in [0.5, 0.6) is 0 Å². The molecule has 0 aliphatic carbocycles. The molecule has 17 heavy (non-hydrogen) atoms. The zero-order valence-corrected chi connectivity index (χ0v) is 12.6. The van der Waals surface area contributed by atoms with Gasteiger partial charge in [0.25, 0.3) is 0 Å². The molecule has 3 nitrogen and oxygen atoms in total. The summed E-state index contributed by atoms with van der Waals surface area (Å²) in [7, 11) is -3.25. The highest BCUT2D eigenvalue weighted by molar-refractivity contribution is 9.10. The fraction of sp³-hybridized carbons (Fsp3) is 0.455. The first-order valence-electron chi connectivity index (χ1n) is 5.23. The van der Waals surface area contributed by atoms with Gasteiger partial charge in [-0.25, -0.2) is 13.1 Å². The van der Waals surface area contributed by atoms with Gasteiger partial charge in [-0.05, 0) is 31.0 Å². The van der Waals surface area contributed by atoms with Crippen molar-refractivity contribution in [3.63, 3.8) is 0 Å². The van der Waals surface area contributed by atoms with Gasteiger partial charge in [0.2, 0.25) is 10.0 Å². The lowest BCUT2D eigenvalue weighted by Crippen LogP contribution is -2.36. The maximum Gasteiger partial charge on any atom is 0.213 e. The molecule has 0 saturated carbocycles. The lowest BCUT2D eigenvalue weighted by atomic mass is 10.1. The van der Waals surface area contributed by atoms with E-state index >= 15 is 0 Å². The van der Waals surface area contributed by atoms with Crippen LogP contribution in [0.15, 0.2) is 28.7 Å². The second kappa shape index (κ2) is 6.73. The van der Waals surface area contributed by atoms with E-state index in [2.05, 4.69) is 20.7 Å². The van der Waals surface area contributed by atoms with Crippen molar-refractivity contribution in [3.8, 4) is 0 Å². The number of nitrogens with one attached hydrogen (secondary N) is 1. The second-order valence-corrected chi connectivity index (χ2v) is 7.02. The molecule has 1 atom stereocenters. The van der Waals surface area contributed by atoms with E-state index in [9.17, 15) is 8.42 Å². The van der Waals surface area contributed by atoms with Crippen molar-refractivity contribution in [1.82, 2.24) is 4.72 Å². The van der Waals surface area contributed by atoms with E-state index in [1.165, 1.54) is 0 Å². The van der Waals surface area contributed by atoms with Crippen molar-refractivity contribution in [2.45, 2.75) is 19.4 Å². The minimum atomic E-state index is -3.25. The van der Waals surface area contributed by atoms with Gasteiger partial charge in [-0.15, -0.1) is 11.6 Å². The second-order valence-electron chi connectivity index (χ2n) is 3.86. The van der Waals surface area contributed by atoms with Gasteiger partial charge in [-0.2, -0.15) is 0 Å². The topological polar surface area (TPSA) is 46.2 Å². The Morgan fingerprint density at radius 3 is 2.47 bits per heavy atom. The monoisotopic (exact) mass is 339 g/mol. The Hall–Kier alpha value is -0.100. The predicted octanol–water partition coefficient (Wildman–Crippen LogP) is 2.54. The van der Waals surface area contributed by atoms with Crippen LogP contribution in [-0.4, -0.2) is 26.1 Å². The smallest absolute Gasteiger partial charge is 0.212 e. The van der Waals surface area contributed by atoms with E-state index in [1.54, 1.807) is 0 Å². The number of rotatable bonds is 6. The molecular weight excluding hydrogens is 326 g/mol. The average Bonchev–Trinajstić information content (AvgIpc) is 2.20. The third-order valence-corrected chi connectivity index (χ3v) is 4.63. The molecule has 0 aliphatic heterocycles. The summed E-state index contributed by atoms with van der Waals surface area (Å²) < 4.78 is 26.6. The normalized spacial score (nSPS) is 13.6. The lowest BCUT2D eigenvalue weighted by Gasteiger charge is -2.13. The summed E-state index contributed by atoms with van der Waals surface area (Å²) in [4.78, 5) is 0. The molecule has 0 amide bonds. The summed E-state index contributed by atoms with van der Waals surface area (Å²) in [5.41, 5.74) is 1.09. The van der Waals surface area contributed by atoms with E-state index in [0.29, 0.717) is 6.42 Å². The Bertz CT molecular complexity index is 447. The first kappa shape index (κ1) is 15.0. The van der Waals surface area contributed by atoms with Gasteiger partial charge in [-0.1, -0.05) is 28.1 Å². The van der Waals surface area contributed by atoms with E-state index in [4.69, 9.17) is 11.6 Å². The maximum atomic E-state index is 11.5. The molecule has 1 aromatic carbocycles. The van der Waals surface area contributed by atoms with Gasteiger partial charge in [-0.3, -0.25) is 0 Å². The van der Waals surface area contributed by atoms with Crippen molar-refractivity contribution < 1.29 is 8.42 Å². The van der Waals surface area contributed by atoms with Crippen LogP contribution in [0.25, 0.3) is 0 Å². The Balaban J connectivity index is 2.55. The van der Waals surface area contributed by atoms with Crippen molar-refractivity contribution in [1.29, 1.82) is 0 Å². The fourth-order valence-electron chi connectivity index (χ4n) is 1.48. The summed E-state index contributed by atoms with van der Waals surface area (Å²) in [5.74, 6) is 0.0690. The average molecular weight is 341 g/mol. The zero-order valence-electron chi connectivity index (χ0n) is 9.49.